The van der Waals surface area contributed by atoms with Crippen LogP contribution in [0.15, 0.2) is 0 Å². The fourth-order valence-electron chi connectivity index (χ4n) is 3.94. The van der Waals surface area contributed by atoms with Gasteiger partial charge in [0.05, 0.1) is 0 Å². The minimum absolute atomic E-state index is 0.435. The molecule has 3 atom stereocenters. The summed E-state index contributed by atoms with van der Waals surface area (Å²) in [4.78, 5) is 12.3. The predicted molar refractivity (Wildman–Crippen MR) is 59.5 cm³/mol. The van der Waals surface area contributed by atoms with Gasteiger partial charge in [-0.3, -0.25) is 4.79 Å². The molecular formula is C13H21NO. The van der Waals surface area contributed by atoms with Crippen molar-refractivity contribution in [1.82, 2.24) is 5.32 Å². The zero-order valence-electron chi connectivity index (χ0n) is 9.37. The summed E-state index contributed by atoms with van der Waals surface area (Å²) in [6.45, 7) is 2.33. The largest absolute Gasteiger partial charge is 0.316 e. The van der Waals surface area contributed by atoms with E-state index in [9.17, 15) is 4.79 Å². The summed E-state index contributed by atoms with van der Waals surface area (Å²) in [7, 11) is 0. The molecule has 0 aromatic rings. The molecule has 1 N–H and O–H groups in total. The summed E-state index contributed by atoms with van der Waals surface area (Å²) in [5.41, 5.74) is 0. The maximum absolute atomic E-state index is 12.3. The van der Waals surface area contributed by atoms with Gasteiger partial charge >= 0.3 is 0 Å². The van der Waals surface area contributed by atoms with Gasteiger partial charge in [0.1, 0.15) is 5.78 Å². The van der Waals surface area contributed by atoms with Gasteiger partial charge in [-0.2, -0.15) is 0 Å². The van der Waals surface area contributed by atoms with Gasteiger partial charge in [0.2, 0.25) is 0 Å². The molecule has 2 aliphatic carbocycles. The van der Waals surface area contributed by atoms with Gasteiger partial charge in [0.25, 0.3) is 0 Å². The number of hydrogen-bond acceptors (Lipinski definition) is 2. The third-order valence-electron chi connectivity index (χ3n) is 4.81. The topological polar surface area (TPSA) is 29.1 Å². The van der Waals surface area contributed by atoms with Crippen LogP contribution in [0, 0.1) is 23.7 Å². The summed E-state index contributed by atoms with van der Waals surface area (Å²) < 4.78 is 0. The van der Waals surface area contributed by atoms with Gasteiger partial charge in [0, 0.05) is 11.8 Å². The van der Waals surface area contributed by atoms with Crippen molar-refractivity contribution in [3.8, 4) is 0 Å². The van der Waals surface area contributed by atoms with E-state index >= 15 is 0 Å². The summed E-state index contributed by atoms with van der Waals surface area (Å²) in [5.74, 6) is 3.15. The Morgan fingerprint density at radius 3 is 2.13 bits per heavy atom. The molecule has 3 fully saturated rings. The molecule has 2 nitrogen and oxygen atoms in total. The molecule has 3 aliphatic rings. The van der Waals surface area contributed by atoms with Gasteiger partial charge in [-0.1, -0.05) is 12.8 Å². The lowest BCUT2D eigenvalue weighted by Gasteiger charge is -2.14. The van der Waals surface area contributed by atoms with Gasteiger partial charge in [0.15, 0.2) is 0 Å². The highest BCUT2D eigenvalue weighted by atomic mass is 16.1. The van der Waals surface area contributed by atoms with Crippen molar-refractivity contribution in [2.75, 3.05) is 13.1 Å². The zero-order valence-corrected chi connectivity index (χ0v) is 9.37. The molecule has 0 aromatic carbocycles. The van der Waals surface area contributed by atoms with Gasteiger partial charge in [-0.25, -0.2) is 0 Å². The van der Waals surface area contributed by atoms with Crippen LogP contribution < -0.4 is 5.32 Å². The van der Waals surface area contributed by atoms with E-state index in [4.69, 9.17) is 0 Å². The molecule has 2 saturated carbocycles. The van der Waals surface area contributed by atoms with E-state index < -0.39 is 0 Å². The molecule has 0 aromatic heterocycles. The van der Waals surface area contributed by atoms with Crippen LogP contribution in [0.5, 0.6) is 0 Å². The van der Waals surface area contributed by atoms with Crippen molar-refractivity contribution < 1.29 is 4.79 Å². The van der Waals surface area contributed by atoms with Crippen LogP contribution in [0.1, 0.15) is 38.5 Å². The fourth-order valence-corrected chi connectivity index (χ4v) is 3.94. The van der Waals surface area contributed by atoms with Crippen LogP contribution in [-0.4, -0.2) is 18.9 Å². The molecule has 1 heterocycles. The normalized spacial score (nSPS) is 40.9. The number of Topliss-reactive ketones (excluding diaryl/α,β-unsaturated/α-hetero) is 1. The smallest absolute Gasteiger partial charge is 0.139 e. The monoisotopic (exact) mass is 207 g/mol. The number of ketones is 1. The molecule has 84 valence electrons. The quantitative estimate of drug-likeness (QED) is 0.750. The maximum atomic E-state index is 12.3. The molecule has 15 heavy (non-hydrogen) atoms. The third kappa shape index (κ3) is 1.73. The molecule has 0 bridgehead atoms. The van der Waals surface area contributed by atoms with Crippen molar-refractivity contribution in [2.45, 2.75) is 38.5 Å². The molecule has 0 spiro atoms. The first-order valence-corrected chi connectivity index (χ1v) is 6.59. The van der Waals surface area contributed by atoms with Gasteiger partial charge < -0.3 is 5.32 Å². The predicted octanol–water partition coefficient (Wildman–Crippen LogP) is 1.99. The second kappa shape index (κ2) is 3.89. The van der Waals surface area contributed by atoms with E-state index in [2.05, 4.69) is 5.32 Å². The van der Waals surface area contributed by atoms with E-state index in [1.54, 1.807) is 0 Å². The number of carbonyl (C=O) groups is 1. The van der Waals surface area contributed by atoms with Gasteiger partial charge in [-0.05, 0) is 50.6 Å². The number of nitrogens with one attached hydrogen (secondary N) is 1. The molecule has 0 amide bonds. The molecule has 1 saturated heterocycles. The second-order valence-electron chi connectivity index (χ2n) is 5.73. The minimum Gasteiger partial charge on any atom is -0.316 e. The Morgan fingerprint density at radius 2 is 1.53 bits per heavy atom. The summed E-state index contributed by atoms with van der Waals surface area (Å²) in [5, 5.41) is 3.44. The van der Waals surface area contributed by atoms with E-state index in [0.717, 1.165) is 11.8 Å². The summed E-state index contributed by atoms with van der Waals surface area (Å²) in [6, 6.07) is 0. The van der Waals surface area contributed by atoms with Crippen LogP contribution >= 0.6 is 0 Å². The molecule has 1 aliphatic heterocycles. The number of hydrogen-bond donors (Lipinski definition) is 1. The van der Waals surface area contributed by atoms with E-state index in [0.29, 0.717) is 17.6 Å². The van der Waals surface area contributed by atoms with Crippen molar-refractivity contribution in [2.24, 2.45) is 23.7 Å². The average molecular weight is 207 g/mol. The van der Waals surface area contributed by atoms with Crippen LogP contribution in [0.3, 0.4) is 0 Å². The number of rotatable bonds is 2. The Balaban J connectivity index is 1.61. The Labute approximate surface area is 91.8 Å². The van der Waals surface area contributed by atoms with Crippen molar-refractivity contribution in [3.63, 3.8) is 0 Å². The number of carbonyl (C=O) groups excluding carboxylic acids is 1. The molecular weight excluding hydrogens is 186 g/mol. The average Bonchev–Trinajstić information content (AvgIpc) is 2.92. The van der Waals surface area contributed by atoms with Crippen LogP contribution in [-0.2, 0) is 4.79 Å². The van der Waals surface area contributed by atoms with E-state index in [-0.39, 0.29) is 0 Å². The van der Waals surface area contributed by atoms with E-state index in [1.807, 2.05) is 0 Å². The van der Waals surface area contributed by atoms with Crippen LogP contribution in [0.25, 0.3) is 0 Å². The first-order chi connectivity index (χ1) is 7.34. The molecule has 1 unspecified atom stereocenters. The highest BCUT2D eigenvalue weighted by Crippen LogP contribution is 2.41. The Morgan fingerprint density at radius 1 is 0.933 bits per heavy atom. The molecule has 0 radical (unpaired) electrons. The maximum Gasteiger partial charge on any atom is 0.139 e. The second-order valence-corrected chi connectivity index (χ2v) is 5.73. The lowest BCUT2D eigenvalue weighted by Crippen LogP contribution is -2.22. The third-order valence-corrected chi connectivity index (χ3v) is 4.81. The summed E-state index contributed by atoms with van der Waals surface area (Å²) >= 11 is 0. The van der Waals surface area contributed by atoms with Gasteiger partial charge in [-0.15, -0.1) is 0 Å². The molecule has 2 heteroatoms. The zero-order chi connectivity index (χ0) is 10.3. The van der Waals surface area contributed by atoms with Crippen LogP contribution in [0.4, 0.5) is 0 Å². The standard InChI is InChI=1S/C13H21NO/c15-13(9-3-1-2-4-9)10-5-11-7-14-8-12(11)6-10/h9-12,14H,1-8H2/t10?,11-,12+. The van der Waals surface area contributed by atoms with E-state index in [1.165, 1.54) is 51.6 Å². The highest BCUT2D eigenvalue weighted by molar-refractivity contribution is 5.84. The Bertz CT molecular complexity index is 245. The van der Waals surface area contributed by atoms with Crippen molar-refractivity contribution in [3.05, 3.63) is 0 Å². The van der Waals surface area contributed by atoms with Crippen molar-refractivity contribution >= 4 is 5.78 Å². The fraction of sp³-hybridized carbons (Fsp3) is 0.923. The SMILES string of the molecule is O=C(C1CCCC1)C1C[C@H]2CNC[C@H]2C1. The summed E-state index contributed by atoms with van der Waals surface area (Å²) in [6.07, 6.45) is 7.32. The Hall–Kier alpha value is -0.370. The number of fused-ring (bicyclic) bond motifs is 1. The molecule has 3 rings (SSSR count). The Kier molecular flexibility index (Phi) is 2.55. The lowest BCUT2D eigenvalue weighted by atomic mass is 9.89. The minimum atomic E-state index is 0.435. The van der Waals surface area contributed by atoms with Crippen LogP contribution in [0.2, 0.25) is 0 Å². The van der Waals surface area contributed by atoms with Crippen molar-refractivity contribution in [1.29, 1.82) is 0 Å². The highest BCUT2D eigenvalue weighted by Gasteiger charge is 2.41. The first-order valence-electron chi connectivity index (χ1n) is 6.59. The first kappa shape index (κ1) is 9.83. The lowest BCUT2D eigenvalue weighted by molar-refractivity contribution is -0.126.